The summed E-state index contributed by atoms with van der Waals surface area (Å²) in [6, 6.07) is 16.5. The first-order valence-electron chi connectivity index (χ1n) is 7.78. The van der Waals surface area contributed by atoms with Crippen molar-refractivity contribution in [3.05, 3.63) is 54.1 Å². The molecule has 0 saturated heterocycles. The molecule has 0 N–H and O–H groups in total. The Bertz CT molecular complexity index is 566. The van der Waals surface area contributed by atoms with Crippen LogP contribution in [0.5, 0.6) is 11.5 Å². The summed E-state index contributed by atoms with van der Waals surface area (Å²) in [5.74, 6) is 1.79. The molecular weight excluding hydrogens is 274 g/mol. The number of nitrogens with zero attached hydrogens (tertiary/aromatic N) is 1. The third-order valence-electron chi connectivity index (χ3n) is 3.73. The van der Waals surface area contributed by atoms with Crippen LogP contribution in [0.15, 0.2) is 48.5 Å². The topological polar surface area (TPSA) is 21.7 Å². The third kappa shape index (κ3) is 4.42. The largest absolute Gasteiger partial charge is 0.497 e. The van der Waals surface area contributed by atoms with Gasteiger partial charge in [0.1, 0.15) is 11.5 Å². The van der Waals surface area contributed by atoms with E-state index in [-0.39, 0.29) is 0 Å². The highest BCUT2D eigenvalue weighted by Gasteiger charge is 2.08. The Hall–Kier alpha value is -2.16. The molecule has 2 aromatic rings. The van der Waals surface area contributed by atoms with E-state index in [1.54, 1.807) is 14.2 Å². The lowest BCUT2D eigenvalue weighted by atomic mass is 10.1. The van der Waals surface area contributed by atoms with Crippen molar-refractivity contribution in [2.45, 2.75) is 26.3 Å². The fraction of sp³-hybridized carbons (Fsp3) is 0.368. The van der Waals surface area contributed by atoms with Gasteiger partial charge in [-0.05, 0) is 48.4 Å². The lowest BCUT2D eigenvalue weighted by Crippen LogP contribution is -2.23. The lowest BCUT2D eigenvalue weighted by molar-refractivity contribution is 0.414. The zero-order valence-electron chi connectivity index (χ0n) is 13.7. The molecule has 0 bridgehead atoms. The van der Waals surface area contributed by atoms with E-state index in [0.717, 1.165) is 24.6 Å². The normalized spacial score (nSPS) is 10.3. The highest BCUT2D eigenvalue weighted by Crippen LogP contribution is 2.23. The van der Waals surface area contributed by atoms with Crippen molar-refractivity contribution < 1.29 is 9.47 Å². The number of ether oxygens (including phenoxy) is 2. The van der Waals surface area contributed by atoms with Gasteiger partial charge in [-0.25, -0.2) is 0 Å². The van der Waals surface area contributed by atoms with E-state index in [1.165, 1.54) is 24.1 Å². The highest BCUT2D eigenvalue weighted by molar-refractivity contribution is 5.49. The van der Waals surface area contributed by atoms with Gasteiger partial charge in [0.15, 0.2) is 0 Å². The molecule has 22 heavy (non-hydrogen) atoms. The standard InChI is InChI=1S/C19H25NO2/c1-4-5-13-20(17-9-11-18(21-2)12-10-17)15-16-7-6-8-19(14-16)22-3/h6-12,14H,4-5,13,15H2,1-3H3. The predicted octanol–water partition coefficient (Wildman–Crippen LogP) is 4.51. The molecular formula is C19H25NO2. The number of methoxy groups -OCH3 is 2. The van der Waals surface area contributed by atoms with Crippen LogP contribution in [-0.4, -0.2) is 20.8 Å². The summed E-state index contributed by atoms with van der Waals surface area (Å²) in [6.07, 6.45) is 2.36. The molecule has 0 unspecified atom stereocenters. The van der Waals surface area contributed by atoms with Gasteiger partial charge in [0, 0.05) is 18.8 Å². The van der Waals surface area contributed by atoms with Crippen LogP contribution < -0.4 is 14.4 Å². The number of hydrogen-bond acceptors (Lipinski definition) is 3. The highest BCUT2D eigenvalue weighted by atomic mass is 16.5. The summed E-state index contributed by atoms with van der Waals surface area (Å²) in [4.78, 5) is 2.40. The van der Waals surface area contributed by atoms with Gasteiger partial charge in [-0.1, -0.05) is 25.5 Å². The van der Waals surface area contributed by atoms with Crippen molar-refractivity contribution in [1.29, 1.82) is 0 Å². The van der Waals surface area contributed by atoms with Crippen molar-refractivity contribution >= 4 is 5.69 Å². The van der Waals surface area contributed by atoms with E-state index < -0.39 is 0 Å². The summed E-state index contributed by atoms with van der Waals surface area (Å²) in [7, 11) is 3.40. The Labute approximate surface area is 133 Å². The predicted molar refractivity (Wildman–Crippen MR) is 91.9 cm³/mol. The molecule has 0 spiro atoms. The molecule has 0 aromatic heterocycles. The first-order valence-corrected chi connectivity index (χ1v) is 7.78. The molecule has 118 valence electrons. The summed E-state index contributed by atoms with van der Waals surface area (Å²) in [6.45, 7) is 4.14. The van der Waals surface area contributed by atoms with Gasteiger partial charge in [-0.2, -0.15) is 0 Å². The SMILES string of the molecule is CCCCN(Cc1cccc(OC)c1)c1ccc(OC)cc1. The molecule has 2 rings (SSSR count). The van der Waals surface area contributed by atoms with Crippen molar-refractivity contribution in [2.75, 3.05) is 25.7 Å². The minimum Gasteiger partial charge on any atom is -0.497 e. The maximum Gasteiger partial charge on any atom is 0.119 e. The van der Waals surface area contributed by atoms with Gasteiger partial charge in [-0.15, -0.1) is 0 Å². The zero-order chi connectivity index (χ0) is 15.8. The van der Waals surface area contributed by atoms with Gasteiger partial charge in [0.25, 0.3) is 0 Å². The lowest BCUT2D eigenvalue weighted by Gasteiger charge is -2.25. The number of hydrogen-bond donors (Lipinski definition) is 0. The van der Waals surface area contributed by atoms with Crippen LogP contribution in [0.1, 0.15) is 25.3 Å². The van der Waals surface area contributed by atoms with Crippen molar-refractivity contribution in [3.8, 4) is 11.5 Å². The molecule has 0 atom stereocenters. The Kier molecular flexibility index (Phi) is 6.13. The molecule has 2 aromatic carbocycles. The average molecular weight is 299 g/mol. The number of unbranched alkanes of at least 4 members (excludes halogenated alkanes) is 1. The minimum absolute atomic E-state index is 0.879. The van der Waals surface area contributed by atoms with Crippen molar-refractivity contribution in [3.63, 3.8) is 0 Å². The van der Waals surface area contributed by atoms with Crippen LogP contribution in [0.3, 0.4) is 0 Å². The second-order valence-electron chi connectivity index (χ2n) is 5.32. The van der Waals surface area contributed by atoms with Crippen LogP contribution in [0.2, 0.25) is 0 Å². The monoisotopic (exact) mass is 299 g/mol. The van der Waals surface area contributed by atoms with Crippen molar-refractivity contribution in [1.82, 2.24) is 0 Å². The van der Waals surface area contributed by atoms with E-state index >= 15 is 0 Å². The Morgan fingerprint density at radius 3 is 2.27 bits per heavy atom. The summed E-state index contributed by atoms with van der Waals surface area (Å²) < 4.78 is 10.6. The van der Waals surface area contributed by atoms with Gasteiger partial charge in [0.2, 0.25) is 0 Å². The van der Waals surface area contributed by atoms with Gasteiger partial charge in [-0.3, -0.25) is 0 Å². The van der Waals surface area contributed by atoms with E-state index in [2.05, 4.69) is 36.1 Å². The average Bonchev–Trinajstić information content (AvgIpc) is 2.59. The van der Waals surface area contributed by atoms with E-state index in [4.69, 9.17) is 9.47 Å². The van der Waals surface area contributed by atoms with Crippen LogP contribution in [0.25, 0.3) is 0 Å². The molecule has 0 aliphatic carbocycles. The Morgan fingerprint density at radius 2 is 1.64 bits per heavy atom. The van der Waals surface area contributed by atoms with Gasteiger partial charge in [0.05, 0.1) is 14.2 Å². The number of rotatable bonds is 8. The number of benzene rings is 2. The fourth-order valence-corrected chi connectivity index (χ4v) is 2.43. The second-order valence-corrected chi connectivity index (χ2v) is 5.32. The molecule has 0 radical (unpaired) electrons. The molecule has 0 aliphatic rings. The number of anilines is 1. The Balaban J connectivity index is 2.16. The smallest absolute Gasteiger partial charge is 0.119 e. The molecule has 3 nitrogen and oxygen atoms in total. The molecule has 0 heterocycles. The van der Waals surface area contributed by atoms with Crippen LogP contribution >= 0.6 is 0 Å². The second kappa shape index (κ2) is 8.32. The Morgan fingerprint density at radius 1 is 0.909 bits per heavy atom. The molecule has 0 saturated carbocycles. The molecule has 0 aliphatic heterocycles. The molecule has 0 amide bonds. The summed E-state index contributed by atoms with van der Waals surface area (Å²) in [5.41, 5.74) is 2.48. The summed E-state index contributed by atoms with van der Waals surface area (Å²) >= 11 is 0. The van der Waals surface area contributed by atoms with Gasteiger partial charge < -0.3 is 14.4 Å². The van der Waals surface area contributed by atoms with Crippen LogP contribution in [0, 0.1) is 0 Å². The van der Waals surface area contributed by atoms with Crippen LogP contribution in [-0.2, 0) is 6.54 Å². The molecule has 0 fully saturated rings. The fourth-order valence-electron chi connectivity index (χ4n) is 2.43. The zero-order valence-corrected chi connectivity index (χ0v) is 13.7. The first-order chi connectivity index (χ1) is 10.8. The van der Waals surface area contributed by atoms with Crippen LogP contribution in [0.4, 0.5) is 5.69 Å². The van der Waals surface area contributed by atoms with Crippen molar-refractivity contribution in [2.24, 2.45) is 0 Å². The minimum atomic E-state index is 0.879. The molecule has 3 heteroatoms. The summed E-state index contributed by atoms with van der Waals surface area (Å²) in [5, 5.41) is 0. The maximum atomic E-state index is 5.32. The van der Waals surface area contributed by atoms with Gasteiger partial charge >= 0.3 is 0 Å². The van der Waals surface area contributed by atoms with E-state index in [0.29, 0.717) is 0 Å². The third-order valence-corrected chi connectivity index (χ3v) is 3.73. The maximum absolute atomic E-state index is 5.32. The van der Waals surface area contributed by atoms with E-state index in [9.17, 15) is 0 Å². The first kappa shape index (κ1) is 16.2. The van der Waals surface area contributed by atoms with E-state index in [1.807, 2.05) is 24.3 Å². The quantitative estimate of drug-likeness (QED) is 0.716.